The first kappa shape index (κ1) is 13.5. The number of benzene rings is 1. The van der Waals surface area contributed by atoms with E-state index in [2.05, 4.69) is 12.2 Å². The van der Waals surface area contributed by atoms with Gasteiger partial charge in [-0.25, -0.2) is 8.78 Å². The Kier molecular flexibility index (Phi) is 4.33. The van der Waals surface area contributed by atoms with E-state index < -0.39 is 11.6 Å². The van der Waals surface area contributed by atoms with Crippen LogP contribution in [0.3, 0.4) is 0 Å². The fourth-order valence-electron chi connectivity index (χ4n) is 3.22. The third-order valence-electron chi connectivity index (χ3n) is 4.19. The van der Waals surface area contributed by atoms with E-state index in [9.17, 15) is 8.78 Å². The van der Waals surface area contributed by atoms with Gasteiger partial charge in [0, 0.05) is 12.1 Å². The highest BCUT2D eigenvalue weighted by molar-refractivity contribution is 5.19. The zero-order valence-electron chi connectivity index (χ0n) is 11.0. The maximum absolute atomic E-state index is 13.2. The van der Waals surface area contributed by atoms with Gasteiger partial charge in [0.1, 0.15) is 11.6 Å². The van der Waals surface area contributed by atoms with Crippen molar-refractivity contribution in [2.45, 2.75) is 38.6 Å². The lowest BCUT2D eigenvalue weighted by Crippen LogP contribution is -2.36. The lowest BCUT2D eigenvalue weighted by atomic mass is 9.86. The van der Waals surface area contributed by atoms with E-state index in [1.54, 1.807) is 0 Å². The van der Waals surface area contributed by atoms with Gasteiger partial charge in [-0.15, -0.1) is 0 Å². The fourth-order valence-corrected chi connectivity index (χ4v) is 3.22. The van der Waals surface area contributed by atoms with Crippen LogP contribution < -0.4 is 5.32 Å². The second-order valence-corrected chi connectivity index (χ2v) is 5.45. The number of likely N-dealkylation sites (N-methyl/N-ethyl adjacent to an activating group) is 1. The molecule has 1 N–H and O–H groups in total. The largest absolute Gasteiger partial charge is 0.316 e. The SMILES string of the molecule is CNC(Cc1cc(F)cc(F)c1)C1CCCC1C. The summed E-state index contributed by atoms with van der Waals surface area (Å²) in [5.41, 5.74) is 0.742. The van der Waals surface area contributed by atoms with Gasteiger partial charge in [-0.3, -0.25) is 0 Å². The Bertz CT molecular complexity index is 385. The Morgan fingerprint density at radius 3 is 2.39 bits per heavy atom. The Balaban J connectivity index is 2.09. The Labute approximate surface area is 108 Å². The third kappa shape index (κ3) is 3.08. The average molecular weight is 253 g/mol. The molecule has 18 heavy (non-hydrogen) atoms. The molecule has 3 heteroatoms. The van der Waals surface area contributed by atoms with Crippen molar-refractivity contribution in [1.29, 1.82) is 0 Å². The van der Waals surface area contributed by atoms with Gasteiger partial charge >= 0.3 is 0 Å². The van der Waals surface area contributed by atoms with Gasteiger partial charge in [-0.05, 0) is 49.4 Å². The molecule has 0 aliphatic heterocycles. The molecule has 1 aromatic rings. The first-order valence-electron chi connectivity index (χ1n) is 6.72. The summed E-state index contributed by atoms with van der Waals surface area (Å²) in [6.45, 7) is 2.27. The normalized spacial score (nSPS) is 25.3. The van der Waals surface area contributed by atoms with Crippen LogP contribution in [0.15, 0.2) is 18.2 Å². The first-order chi connectivity index (χ1) is 8.60. The van der Waals surface area contributed by atoms with Gasteiger partial charge < -0.3 is 5.32 Å². The van der Waals surface area contributed by atoms with Crippen LogP contribution in [0.4, 0.5) is 8.78 Å². The van der Waals surface area contributed by atoms with Gasteiger partial charge in [0.25, 0.3) is 0 Å². The first-order valence-corrected chi connectivity index (χ1v) is 6.72. The highest BCUT2D eigenvalue weighted by Gasteiger charge is 2.30. The lowest BCUT2D eigenvalue weighted by Gasteiger charge is -2.26. The minimum atomic E-state index is -0.487. The van der Waals surface area contributed by atoms with Crippen LogP contribution in [0.1, 0.15) is 31.7 Å². The summed E-state index contributed by atoms with van der Waals surface area (Å²) in [4.78, 5) is 0. The maximum atomic E-state index is 13.2. The number of hydrogen-bond donors (Lipinski definition) is 1. The summed E-state index contributed by atoms with van der Waals surface area (Å²) in [7, 11) is 1.94. The minimum Gasteiger partial charge on any atom is -0.316 e. The van der Waals surface area contributed by atoms with Crippen molar-refractivity contribution in [1.82, 2.24) is 5.32 Å². The molecule has 0 amide bonds. The Hall–Kier alpha value is -0.960. The molecule has 0 heterocycles. The molecule has 1 saturated carbocycles. The van der Waals surface area contributed by atoms with Gasteiger partial charge in [-0.2, -0.15) is 0 Å². The summed E-state index contributed by atoms with van der Waals surface area (Å²) in [6.07, 6.45) is 4.44. The summed E-state index contributed by atoms with van der Waals surface area (Å²) in [5, 5.41) is 3.32. The maximum Gasteiger partial charge on any atom is 0.126 e. The van der Waals surface area contributed by atoms with Gasteiger partial charge in [-0.1, -0.05) is 19.8 Å². The molecule has 2 rings (SSSR count). The van der Waals surface area contributed by atoms with Crippen LogP contribution in [0, 0.1) is 23.5 Å². The summed E-state index contributed by atoms with van der Waals surface area (Å²) >= 11 is 0. The Morgan fingerprint density at radius 2 is 1.89 bits per heavy atom. The van der Waals surface area contributed by atoms with Gasteiger partial charge in [0.05, 0.1) is 0 Å². The van der Waals surface area contributed by atoms with Crippen LogP contribution in [0.5, 0.6) is 0 Å². The predicted octanol–water partition coefficient (Wildman–Crippen LogP) is 3.53. The summed E-state index contributed by atoms with van der Waals surface area (Å²) in [6, 6.07) is 4.11. The predicted molar refractivity (Wildman–Crippen MR) is 69.4 cm³/mol. The van der Waals surface area contributed by atoms with Crippen molar-refractivity contribution >= 4 is 0 Å². The second-order valence-electron chi connectivity index (χ2n) is 5.45. The molecule has 100 valence electrons. The van der Waals surface area contributed by atoms with Crippen LogP contribution in [-0.2, 0) is 6.42 Å². The quantitative estimate of drug-likeness (QED) is 0.865. The number of nitrogens with one attached hydrogen (secondary N) is 1. The molecule has 3 unspecified atom stereocenters. The van der Waals surface area contributed by atoms with Gasteiger partial charge in [0.15, 0.2) is 0 Å². The minimum absolute atomic E-state index is 0.309. The van der Waals surface area contributed by atoms with Crippen molar-refractivity contribution in [2.24, 2.45) is 11.8 Å². The molecule has 0 radical (unpaired) electrons. The molecule has 0 bridgehead atoms. The Morgan fingerprint density at radius 1 is 1.22 bits per heavy atom. The molecule has 3 atom stereocenters. The molecular weight excluding hydrogens is 232 g/mol. The highest BCUT2D eigenvalue weighted by atomic mass is 19.1. The van der Waals surface area contributed by atoms with E-state index >= 15 is 0 Å². The second kappa shape index (κ2) is 5.79. The van der Waals surface area contributed by atoms with Crippen LogP contribution in [-0.4, -0.2) is 13.1 Å². The number of halogens is 2. The third-order valence-corrected chi connectivity index (χ3v) is 4.19. The average Bonchev–Trinajstić information content (AvgIpc) is 2.71. The number of hydrogen-bond acceptors (Lipinski definition) is 1. The molecule has 0 saturated heterocycles. The summed E-state index contributed by atoms with van der Waals surface area (Å²) < 4.78 is 26.4. The van der Waals surface area contributed by atoms with E-state index in [4.69, 9.17) is 0 Å². The molecular formula is C15H21F2N. The molecule has 1 aliphatic rings. The van der Waals surface area contributed by atoms with Crippen molar-refractivity contribution in [3.05, 3.63) is 35.4 Å². The van der Waals surface area contributed by atoms with Crippen molar-refractivity contribution < 1.29 is 8.78 Å². The highest BCUT2D eigenvalue weighted by Crippen LogP contribution is 2.34. The standard InChI is InChI=1S/C15H21F2N/c1-10-4-3-5-14(10)15(18-2)8-11-6-12(16)9-13(17)7-11/h6-7,9-10,14-15,18H,3-5,8H2,1-2H3. The van der Waals surface area contributed by atoms with E-state index in [-0.39, 0.29) is 0 Å². The molecule has 1 nitrogen and oxygen atoms in total. The molecule has 0 spiro atoms. The van der Waals surface area contributed by atoms with Crippen molar-refractivity contribution in [2.75, 3.05) is 7.05 Å². The van der Waals surface area contributed by atoms with E-state index in [0.717, 1.165) is 11.6 Å². The monoisotopic (exact) mass is 253 g/mol. The molecule has 1 aliphatic carbocycles. The van der Waals surface area contributed by atoms with Crippen LogP contribution in [0.25, 0.3) is 0 Å². The van der Waals surface area contributed by atoms with Crippen molar-refractivity contribution in [3.8, 4) is 0 Å². The van der Waals surface area contributed by atoms with E-state index in [0.29, 0.717) is 24.3 Å². The molecule has 1 aromatic carbocycles. The van der Waals surface area contributed by atoms with Crippen molar-refractivity contribution in [3.63, 3.8) is 0 Å². The molecule has 0 aromatic heterocycles. The lowest BCUT2D eigenvalue weighted by molar-refractivity contribution is 0.308. The van der Waals surface area contributed by atoms with E-state index in [1.807, 2.05) is 7.05 Å². The van der Waals surface area contributed by atoms with Crippen LogP contribution in [0.2, 0.25) is 0 Å². The smallest absolute Gasteiger partial charge is 0.126 e. The number of rotatable bonds is 4. The molecule has 1 fully saturated rings. The summed E-state index contributed by atoms with van der Waals surface area (Å²) in [5.74, 6) is 0.334. The van der Waals surface area contributed by atoms with E-state index in [1.165, 1.54) is 31.4 Å². The topological polar surface area (TPSA) is 12.0 Å². The zero-order valence-corrected chi connectivity index (χ0v) is 11.0. The fraction of sp³-hybridized carbons (Fsp3) is 0.600. The van der Waals surface area contributed by atoms with Crippen LogP contribution >= 0.6 is 0 Å². The zero-order chi connectivity index (χ0) is 13.1. The van der Waals surface area contributed by atoms with Gasteiger partial charge in [0.2, 0.25) is 0 Å².